The van der Waals surface area contributed by atoms with Gasteiger partial charge < -0.3 is 10.6 Å². The highest BCUT2D eigenvalue weighted by atomic mass is 19.4. The predicted molar refractivity (Wildman–Crippen MR) is 115 cm³/mol. The number of urea groups is 1. The van der Waals surface area contributed by atoms with E-state index in [2.05, 4.69) is 19.9 Å². The Morgan fingerprint density at radius 2 is 1.79 bits per heavy atom. The first-order chi connectivity index (χ1) is 15.7. The number of hydrogen-bond donors (Lipinski definition) is 1. The van der Waals surface area contributed by atoms with Crippen molar-refractivity contribution in [1.29, 1.82) is 0 Å². The molecule has 1 aliphatic heterocycles. The minimum absolute atomic E-state index is 0.0459. The van der Waals surface area contributed by atoms with E-state index in [9.17, 15) is 18.0 Å². The number of carbonyl (C=O) groups is 1. The number of pyridine rings is 2. The molecule has 0 saturated heterocycles. The van der Waals surface area contributed by atoms with Crippen LogP contribution in [0.15, 0.2) is 55.1 Å². The highest BCUT2D eigenvalue weighted by molar-refractivity contribution is 6.08. The maximum Gasteiger partial charge on any atom is 0.417 e. The zero-order valence-electron chi connectivity index (χ0n) is 17.2. The molecule has 166 valence electrons. The molecule has 0 saturated carbocycles. The fourth-order valence-corrected chi connectivity index (χ4v) is 3.87. The molecule has 1 aliphatic rings. The number of nitrogen functional groups attached to an aromatic ring is 1. The lowest BCUT2D eigenvalue weighted by molar-refractivity contribution is -0.137. The number of anilines is 3. The Morgan fingerprint density at radius 3 is 2.52 bits per heavy atom. The van der Waals surface area contributed by atoms with E-state index in [1.54, 1.807) is 31.6 Å². The first-order valence-electron chi connectivity index (χ1n) is 9.81. The molecule has 0 atom stereocenters. The van der Waals surface area contributed by atoms with E-state index >= 15 is 0 Å². The third-order valence-electron chi connectivity index (χ3n) is 5.37. The molecule has 0 bridgehead atoms. The highest BCUT2D eigenvalue weighted by Crippen LogP contribution is 2.43. The van der Waals surface area contributed by atoms with Crippen LogP contribution in [0.1, 0.15) is 11.1 Å². The Kier molecular flexibility index (Phi) is 4.62. The van der Waals surface area contributed by atoms with Crippen LogP contribution >= 0.6 is 0 Å². The van der Waals surface area contributed by atoms with Gasteiger partial charge in [-0.2, -0.15) is 13.2 Å². The van der Waals surface area contributed by atoms with Gasteiger partial charge in [0.1, 0.15) is 5.52 Å². The van der Waals surface area contributed by atoms with Gasteiger partial charge in [0, 0.05) is 43.0 Å². The number of nitrogens with two attached hydrogens (primary N) is 1. The molecule has 1 aromatic carbocycles. The quantitative estimate of drug-likeness (QED) is 0.485. The fraction of sp³-hybridized carbons (Fsp3) is 0.136. The largest absolute Gasteiger partial charge is 0.417 e. The molecule has 3 aromatic heterocycles. The van der Waals surface area contributed by atoms with Crippen molar-refractivity contribution in [1.82, 2.24) is 24.8 Å². The molecule has 0 aliphatic carbocycles. The molecule has 2 N–H and O–H groups in total. The van der Waals surface area contributed by atoms with Crippen molar-refractivity contribution in [2.45, 2.75) is 12.7 Å². The number of hydrogen-bond acceptors (Lipinski definition) is 6. The molecule has 0 unspecified atom stereocenters. The van der Waals surface area contributed by atoms with Crippen LogP contribution in [-0.4, -0.2) is 37.9 Å². The molecule has 11 heteroatoms. The standard InChI is InChI=1S/C22H16F3N7O/c1-31-11-13-10-28-17-3-2-6-27-18(17)19(13)32(21(31)33)14-4-5-15(16(7-14)22(23,24)25)12-8-29-20(26)30-9-12/h2-10H,11H2,1H3,(H2,26,29,30). The van der Waals surface area contributed by atoms with Gasteiger partial charge in [0.25, 0.3) is 0 Å². The van der Waals surface area contributed by atoms with E-state index in [1.807, 2.05) is 0 Å². The van der Waals surface area contributed by atoms with Gasteiger partial charge in [-0.15, -0.1) is 0 Å². The lowest BCUT2D eigenvalue weighted by Gasteiger charge is -2.35. The molecule has 0 fully saturated rings. The molecule has 33 heavy (non-hydrogen) atoms. The minimum Gasteiger partial charge on any atom is -0.368 e. The highest BCUT2D eigenvalue weighted by Gasteiger charge is 2.37. The van der Waals surface area contributed by atoms with Gasteiger partial charge in [-0.25, -0.2) is 14.8 Å². The number of aromatic nitrogens is 4. The number of fused-ring (bicyclic) bond motifs is 3. The molecular formula is C22H16F3N7O. The van der Waals surface area contributed by atoms with Crippen molar-refractivity contribution < 1.29 is 18.0 Å². The van der Waals surface area contributed by atoms with Crippen molar-refractivity contribution in [3.05, 3.63) is 66.2 Å². The van der Waals surface area contributed by atoms with Crippen LogP contribution in [0.4, 0.5) is 35.3 Å². The van der Waals surface area contributed by atoms with Crippen molar-refractivity contribution in [3.8, 4) is 11.1 Å². The Hall–Kier alpha value is -4.28. The smallest absolute Gasteiger partial charge is 0.368 e. The van der Waals surface area contributed by atoms with E-state index in [1.165, 1.54) is 34.3 Å². The molecule has 0 radical (unpaired) electrons. The zero-order chi connectivity index (χ0) is 23.3. The predicted octanol–water partition coefficient (Wildman–Crippen LogP) is 4.39. The van der Waals surface area contributed by atoms with Crippen LogP contribution in [0, 0.1) is 0 Å². The first-order valence-corrected chi connectivity index (χ1v) is 9.81. The molecule has 8 nitrogen and oxygen atoms in total. The van der Waals surface area contributed by atoms with Gasteiger partial charge in [0.2, 0.25) is 5.95 Å². The van der Waals surface area contributed by atoms with Crippen LogP contribution < -0.4 is 10.6 Å². The number of alkyl halides is 3. The van der Waals surface area contributed by atoms with E-state index in [-0.39, 0.29) is 29.3 Å². The van der Waals surface area contributed by atoms with Crippen molar-refractivity contribution in [2.24, 2.45) is 0 Å². The summed E-state index contributed by atoms with van der Waals surface area (Å²) in [4.78, 5) is 32.1. The lowest BCUT2D eigenvalue weighted by Crippen LogP contribution is -2.42. The Bertz CT molecular complexity index is 1390. The normalized spacial score (nSPS) is 14.0. The van der Waals surface area contributed by atoms with Crippen LogP contribution in [0.3, 0.4) is 0 Å². The number of rotatable bonds is 2. The van der Waals surface area contributed by atoms with E-state index < -0.39 is 17.8 Å². The van der Waals surface area contributed by atoms with Gasteiger partial charge in [0.15, 0.2) is 0 Å². The lowest BCUT2D eigenvalue weighted by atomic mass is 9.99. The summed E-state index contributed by atoms with van der Waals surface area (Å²) in [6.07, 6.45) is 0.922. The van der Waals surface area contributed by atoms with Crippen molar-refractivity contribution in [3.63, 3.8) is 0 Å². The number of carbonyl (C=O) groups excluding carboxylic acids is 1. The van der Waals surface area contributed by atoms with Crippen LogP contribution in [0.2, 0.25) is 0 Å². The van der Waals surface area contributed by atoms with E-state index in [0.717, 1.165) is 6.07 Å². The topological polar surface area (TPSA) is 101 Å². The second kappa shape index (κ2) is 7.40. The van der Waals surface area contributed by atoms with Crippen LogP contribution in [0.5, 0.6) is 0 Å². The molecule has 0 spiro atoms. The number of nitrogens with zero attached hydrogens (tertiary/aromatic N) is 6. The van der Waals surface area contributed by atoms with Gasteiger partial charge in [0.05, 0.1) is 29.0 Å². The van der Waals surface area contributed by atoms with Gasteiger partial charge in [-0.3, -0.25) is 14.9 Å². The fourth-order valence-electron chi connectivity index (χ4n) is 3.87. The van der Waals surface area contributed by atoms with Crippen molar-refractivity contribution in [2.75, 3.05) is 17.7 Å². The first kappa shape index (κ1) is 20.6. The second-order valence-corrected chi connectivity index (χ2v) is 7.53. The van der Waals surface area contributed by atoms with Gasteiger partial charge >= 0.3 is 12.2 Å². The SMILES string of the molecule is CN1Cc2cnc3cccnc3c2N(c2ccc(-c3cnc(N)nc3)c(C(F)(F)F)c2)C1=O. The summed E-state index contributed by atoms with van der Waals surface area (Å²) >= 11 is 0. The number of halogens is 3. The minimum atomic E-state index is -4.70. The third kappa shape index (κ3) is 3.47. The molecule has 2 amide bonds. The average Bonchev–Trinajstić information content (AvgIpc) is 2.79. The summed E-state index contributed by atoms with van der Waals surface area (Å²) in [5.41, 5.74) is 6.68. The molecule has 5 rings (SSSR count). The maximum atomic E-state index is 14.1. The Morgan fingerprint density at radius 1 is 1.03 bits per heavy atom. The summed E-state index contributed by atoms with van der Waals surface area (Å²) in [5, 5.41) is 0. The molecule has 4 aromatic rings. The monoisotopic (exact) mass is 451 g/mol. The molecule has 4 heterocycles. The Balaban J connectivity index is 1.74. The van der Waals surface area contributed by atoms with E-state index in [0.29, 0.717) is 22.3 Å². The van der Waals surface area contributed by atoms with Gasteiger partial charge in [-0.1, -0.05) is 6.07 Å². The summed E-state index contributed by atoms with van der Waals surface area (Å²) in [6.45, 7) is 0.261. The van der Waals surface area contributed by atoms with Crippen LogP contribution in [0.25, 0.3) is 22.2 Å². The summed E-state index contributed by atoms with van der Waals surface area (Å²) in [7, 11) is 1.58. The maximum absolute atomic E-state index is 14.1. The van der Waals surface area contributed by atoms with Gasteiger partial charge in [-0.05, 0) is 29.8 Å². The number of amides is 2. The summed E-state index contributed by atoms with van der Waals surface area (Å²) in [6, 6.07) is 6.66. The zero-order valence-corrected chi connectivity index (χ0v) is 17.2. The second-order valence-electron chi connectivity index (χ2n) is 7.53. The Labute approximate surface area is 185 Å². The average molecular weight is 451 g/mol. The molecular weight excluding hydrogens is 435 g/mol. The number of benzene rings is 1. The summed E-state index contributed by atoms with van der Waals surface area (Å²) in [5.74, 6) is -0.0459. The van der Waals surface area contributed by atoms with Crippen molar-refractivity contribution >= 4 is 34.4 Å². The van der Waals surface area contributed by atoms with Crippen LogP contribution in [-0.2, 0) is 12.7 Å². The summed E-state index contributed by atoms with van der Waals surface area (Å²) < 4.78 is 42.2. The van der Waals surface area contributed by atoms with E-state index in [4.69, 9.17) is 5.73 Å². The third-order valence-corrected chi connectivity index (χ3v) is 5.37.